The highest BCUT2D eigenvalue weighted by Crippen LogP contribution is 2.21. The number of benzene rings is 1. The molecule has 0 amide bonds. The molecule has 4 aromatic rings. The molecular formula is C18H17N7. The molecular weight excluding hydrogens is 314 g/mol. The fourth-order valence-electron chi connectivity index (χ4n) is 3.28. The maximum Gasteiger partial charge on any atom is 0.177 e. The Balaban J connectivity index is 1.34. The van der Waals surface area contributed by atoms with E-state index in [1.165, 1.54) is 5.39 Å². The van der Waals surface area contributed by atoms with Crippen molar-refractivity contribution in [3.05, 3.63) is 54.9 Å². The first-order valence-electron chi connectivity index (χ1n) is 8.40. The summed E-state index contributed by atoms with van der Waals surface area (Å²) in [6.45, 7) is 3.67. The van der Waals surface area contributed by atoms with E-state index < -0.39 is 0 Å². The molecule has 124 valence electrons. The highest BCUT2D eigenvalue weighted by atomic mass is 15.4. The van der Waals surface area contributed by atoms with E-state index in [1.807, 2.05) is 24.3 Å². The van der Waals surface area contributed by atoms with Gasteiger partial charge in [0.1, 0.15) is 18.0 Å². The molecule has 0 spiro atoms. The Labute approximate surface area is 144 Å². The molecule has 7 heteroatoms. The lowest BCUT2D eigenvalue weighted by Crippen LogP contribution is -2.47. The largest absolute Gasteiger partial charge is 0.353 e. The molecule has 1 aromatic carbocycles. The zero-order valence-corrected chi connectivity index (χ0v) is 13.7. The SMILES string of the molecule is c1ccc2nc(N3CCN(c4ccc5nncn5n4)CC3)ccc2c1. The Morgan fingerprint density at radius 2 is 1.52 bits per heavy atom. The minimum atomic E-state index is 0.766. The number of hydrogen-bond donors (Lipinski definition) is 0. The maximum absolute atomic E-state index is 4.80. The third-order valence-corrected chi connectivity index (χ3v) is 4.66. The first-order valence-corrected chi connectivity index (χ1v) is 8.40. The summed E-state index contributed by atoms with van der Waals surface area (Å²) >= 11 is 0. The summed E-state index contributed by atoms with van der Waals surface area (Å²) in [4.78, 5) is 9.42. The van der Waals surface area contributed by atoms with Crippen molar-refractivity contribution in [2.24, 2.45) is 0 Å². The maximum atomic E-state index is 4.80. The van der Waals surface area contributed by atoms with E-state index in [9.17, 15) is 0 Å². The normalized spacial score (nSPS) is 15.2. The Morgan fingerprint density at radius 1 is 0.760 bits per heavy atom. The molecule has 0 aliphatic carbocycles. The van der Waals surface area contributed by atoms with Crippen LogP contribution in [0.25, 0.3) is 16.6 Å². The molecule has 4 heterocycles. The van der Waals surface area contributed by atoms with E-state index in [2.05, 4.69) is 49.4 Å². The van der Waals surface area contributed by atoms with E-state index in [4.69, 9.17) is 4.98 Å². The molecule has 25 heavy (non-hydrogen) atoms. The van der Waals surface area contributed by atoms with Crippen molar-refractivity contribution in [1.29, 1.82) is 0 Å². The average molecular weight is 331 g/mol. The van der Waals surface area contributed by atoms with Gasteiger partial charge in [0.05, 0.1) is 5.52 Å². The Hall–Kier alpha value is -3.22. The molecule has 1 saturated heterocycles. The van der Waals surface area contributed by atoms with Gasteiger partial charge in [-0.2, -0.15) is 4.52 Å². The van der Waals surface area contributed by atoms with E-state index >= 15 is 0 Å². The molecule has 7 nitrogen and oxygen atoms in total. The smallest absolute Gasteiger partial charge is 0.177 e. The van der Waals surface area contributed by atoms with Gasteiger partial charge in [-0.3, -0.25) is 0 Å². The van der Waals surface area contributed by atoms with Crippen LogP contribution in [0.5, 0.6) is 0 Å². The summed E-state index contributed by atoms with van der Waals surface area (Å²) in [6, 6.07) is 16.4. The molecule has 0 saturated carbocycles. The van der Waals surface area contributed by atoms with E-state index in [0.29, 0.717) is 0 Å². The number of aromatic nitrogens is 5. The number of anilines is 2. The number of piperazine rings is 1. The second-order valence-corrected chi connectivity index (χ2v) is 6.16. The van der Waals surface area contributed by atoms with Gasteiger partial charge in [0.2, 0.25) is 0 Å². The topological polar surface area (TPSA) is 62.5 Å². The van der Waals surface area contributed by atoms with Gasteiger partial charge in [0, 0.05) is 31.6 Å². The monoisotopic (exact) mass is 331 g/mol. The first kappa shape index (κ1) is 14.2. The van der Waals surface area contributed by atoms with Crippen molar-refractivity contribution in [2.45, 2.75) is 0 Å². The van der Waals surface area contributed by atoms with Crippen LogP contribution in [0.1, 0.15) is 0 Å². The summed E-state index contributed by atoms with van der Waals surface area (Å²) in [6.07, 6.45) is 1.63. The van der Waals surface area contributed by atoms with Crippen molar-refractivity contribution in [3.8, 4) is 0 Å². The van der Waals surface area contributed by atoms with Crippen molar-refractivity contribution >= 4 is 28.2 Å². The average Bonchev–Trinajstić information content (AvgIpc) is 3.15. The van der Waals surface area contributed by atoms with Gasteiger partial charge in [-0.15, -0.1) is 15.3 Å². The van der Waals surface area contributed by atoms with Crippen molar-refractivity contribution < 1.29 is 0 Å². The van der Waals surface area contributed by atoms with Crippen LogP contribution in [0, 0.1) is 0 Å². The molecule has 0 bridgehead atoms. The number of fused-ring (bicyclic) bond motifs is 2. The van der Waals surface area contributed by atoms with E-state index in [0.717, 1.165) is 49.0 Å². The predicted molar refractivity (Wildman–Crippen MR) is 97.0 cm³/mol. The highest BCUT2D eigenvalue weighted by Gasteiger charge is 2.19. The van der Waals surface area contributed by atoms with Gasteiger partial charge in [0.25, 0.3) is 0 Å². The van der Waals surface area contributed by atoms with Crippen molar-refractivity contribution in [1.82, 2.24) is 24.8 Å². The van der Waals surface area contributed by atoms with Crippen molar-refractivity contribution in [3.63, 3.8) is 0 Å². The third kappa shape index (κ3) is 2.53. The standard InChI is InChI=1S/C18H17N7/c1-2-4-15-14(3-1)5-6-16(20-15)23-9-11-24(12-10-23)18-8-7-17-21-19-13-25(17)22-18/h1-8,13H,9-12H2. The van der Waals surface area contributed by atoms with Crippen molar-refractivity contribution in [2.75, 3.05) is 36.0 Å². The number of para-hydroxylation sites is 1. The molecule has 1 aliphatic heterocycles. The lowest BCUT2D eigenvalue weighted by atomic mass is 10.2. The lowest BCUT2D eigenvalue weighted by Gasteiger charge is -2.36. The van der Waals surface area contributed by atoms with E-state index in [1.54, 1.807) is 10.8 Å². The fraction of sp³-hybridized carbons (Fsp3) is 0.222. The molecule has 0 unspecified atom stereocenters. The summed E-state index contributed by atoms with van der Waals surface area (Å²) in [5, 5.41) is 13.6. The highest BCUT2D eigenvalue weighted by molar-refractivity contribution is 5.80. The number of rotatable bonds is 2. The second kappa shape index (κ2) is 5.70. The number of hydrogen-bond acceptors (Lipinski definition) is 6. The summed E-state index contributed by atoms with van der Waals surface area (Å²) in [5.74, 6) is 2.00. The van der Waals surface area contributed by atoms with E-state index in [-0.39, 0.29) is 0 Å². The molecule has 0 atom stereocenters. The van der Waals surface area contributed by atoms with Crippen LogP contribution < -0.4 is 9.80 Å². The molecule has 1 fully saturated rings. The van der Waals surface area contributed by atoms with Crippen LogP contribution in [0.2, 0.25) is 0 Å². The zero-order valence-electron chi connectivity index (χ0n) is 13.7. The number of nitrogens with zero attached hydrogens (tertiary/aromatic N) is 7. The minimum Gasteiger partial charge on any atom is -0.353 e. The molecule has 1 aliphatic rings. The molecule has 5 rings (SSSR count). The summed E-state index contributed by atoms with van der Waals surface area (Å²) in [7, 11) is 0. The summed E-state index contributed by atoms with van der Waals surface area (Å²) < 4.78 is 1.71. The Morgan fingerprint density at radius 3 is 2.40 bits per heavy atom. The van der Waals surface area contributed by atoms with Crippen LogP contribution in [-0.2, 0) is 0 Å². The first-order chi connectivity index (χ1) is 12.4. The number of pyridine rings is 1. The summed E-state index contributed by atoms with van der Waals surface area (Å²) in [5.41, 5.74) is 1.81. The van der Waals surface area contributed by atoms with Gasteiger partial charge in [-0.1, -0.05) is 18.2 Å². The minimum absolute atomic E-state index is 0.766. The second-order valence-electron chi connectivity index (χ2n) is 6.16. The molecule has 0 N–H and O–H groups in total. The van der Waals surface area contributed by atoms with Crippen LogP contribution in [0.3, 0.4) is 0 Å². The molecule has 3 aromatic heterocycles. The fourth-order valence-corrected chi connectivity index (χ4v) is 3.28. The van der Waals surface area contributed by atoms with Gasteiger partial charge < -0.3 is 9.80 Å². The Bertz CT molecular complexity index is 1030. The van der Waals surface area contributed by atoms with Crippen LogP contribution >= 0.6 is 0 Å². The van der Waals surface area contributed by atoms with Crippen LogP contribution in [0.15, 0.2) is 54.9 Å². The zero-order chi connectivity index (χ0) is 16.6. The van der Waals surface area contributed by atoms with Gasteiger partial charge in [-0.25, -0.2) is 4.98 Å². The van der Waals surface area contributed by atoms with Gasteiger partial charge in [-0.05, 0) is 30.3 Å². The molecule has 0 radical (unpaired) electrons. The van der Waals surface area contributed by atoms with Crippen LogP contribution in [0.4, 0.5) is 11.6 Å². The third-order valence-electron chi connectivity index (χ3n) is 4.66. The quantitative estimate of drug-likeness (QED) is 0.560. The lowest BCUT2D eigenvalue weighted by molar-refractivity contribution is 0.637. The van der Waals surface area contributed by atoms with Crippen LogP contribution in [-0.4, -0.2) is 51.0 Å². The van der Waals surface area contributed by atoms with Gasteiger partial charge >= 0.3 is 0 Å². The Kier molecular flexibility index (Phi) is 3.22. The predicted octanol–water partition coefficient (Wildman–Crippen LogP) is 2.00. The van der Waals surface area contributed by atoms with Gasteiger partial charge in [0.15, 0.2) is 5.65 Å².